The standard InChI is InChI=1S/C46H76O18/c1-21-38(52)31(56-8)19-37(57-21)64-41-24(4)60-36(18-30(41)50)63-40-23(3)59-35(17-29(40)49)62-39-22(2)58-34(16-28(39)48)61-27-10-11-42(6)26(15-27)9-12-45(54)32(42)20-33(51)43(7)44(53,25(5)47)13-14-46(43,45)55/h9,21-25,27-41,47-55H,10-20H2,1-8H3. The summed E-state index contributed by atoms with van der Waals surface area (Å²) in [5, 5.41) is 103. The molecule has 18 heteroatoms. The van der Waals surface area contributed by atoms with Crippen molar-refractivity contribution in [2.45, 2.75) is 253 Å². The van der Waals surface area contributed by atoms with Crippen LogP contribution in [0.15, 0.2) is 11.6 Å². The van der Waals surface area contributed by atoms with Crippen LogP contribution in [0.1, 0.15) is 119 Å². The van der Waals surface area contributed by atoms with Crippen LogP contribution in [0.5, 0.6) is 0 Å². The molecular formula is C46H76O18. The average Bonchev–Trinajstić information content (AvgIpc) is 3.46. The van der Waals surface area contributed by atoms with Gasteiger partial charge in [0.15, 0.2) is 25.2 Å². The molecule has 4 heterocycles. The monoisotopic (exact) mass is 917 g/mol. The molecule has 18 nitrogen and oxygen atoms in total. The highest BCUT2D eigenvalue weighted by atomic mass is 16.8. The van der Waals surface area contributed by atoms with Gasteiger partial charge >= 0.3 is 0 Å². The van der Waals surface area contributed by atoms with Crippen LogP contribution < -0.4 is 0 Å². The van der Waals surface area contributed by atoms with Gasteiger partial charge < -0.3 is 88.6 Å². The fourth-order valence-corrected chi connectivity index (χ4v) is 13.5. The lowest BCUT2D eigenvalue weighted by atomic mass is 9.42. The minimum absolute atomic E-state index is 0.0478. The maximum Gasteiger partial charge on any atom is 0.161 e. The van der Waals surface area contributed by atoms with E-state index in [1.54, 1.807) is 34.6 Å². The van der Waals surface area contributed by atoms with Gasteiger partial charge in [-0.05, 0) is 85.0 Å². The minimum atomic E-state index is -1.83. The number of hydrogen-bond donors (Lipinski definition) is 9. The van der Waals surface area contributed by atoms with Crippen molar-refractivity contribution in [2.75, 3.05) is 7.11 Å². The largest absolute Gasteiger partial charge is 0.392 e. The highest BCUT2D eigenvalue weighted by Crippen LogP contribution is 2.70. The molecular weight excluding hydrogens is 840 g/mol. The van der Waals surface area contributed by atoms with E-state index < -0.39 is 144 Å². The van der Waals surface area contributed by atoms with Gasteiger partial charge in [-0.2, -0.15) is 0 Å². The van der Waals surface area contributed by atoms with Gasteiger partial charge in [0, 0.05) is 38.7 Å². The Bertz CT molecular complexity index is 1640. The van der Waals surface area contributed by atoms with Crippen LogP contribution in [0.4, 0.5) is 0 Å². The Balaban J connectivity index is 0.817. The topological polar surface area (TPSA) is 265 Å². The Kier molecular flexibility index (Phi) is 14.0. The van der Waals surface area contributed by atoms with Crippen molar-refractivity contribution in [1.29, 1.82) is 0 Å². The quantitative estimate of drug-likeness (QED) is 0.137. The molecule has 8 rings (SSSR count). The number of fused-ring (bicyclic) bond motifs is 5. The predicted molar refractivity (Wildman–Crippen MR) is 223 cm³/mol. The highest BCUT2D eigenvalue weighted by Gasteiger charge is 2.80. The summed E-state index contributed by atoms with van der Waals surface area (Å²) in [5.74, 6) is -0.500. The third kappa shape index (κ3) is 8.07. The van der Waals surface area contributed by atoms with Crippen molar-refractivity contribution in [3.63, 3.8) is 0 Å². The SMILES string of the molecule is COC1CC(OC2C(O)CC(OC3C(O)CC(OC4C(O)CC(OC5CCC6(C)C(=CCC7(O)C6CC(O)C6(C)C(O)(C(C)O)CCC76O)C5)OC4C)OC3C)OC2C)OC(C)C1O. The van der Waals surface area contributed by atoms with E-state index in [0.717, 1.165) is 5.57 Å². The molecule has 0 radical (unpaired) electrons. The lowest BCUT2D eigenvalue weighted by Crippen LogP contribution is -2.78. The van der Waals surface area contributed by atoms with Crippen LogP contribution in [0.2, 0.25) is 0 Å². The molecule has 7 fully saturated rings. The Labute approximate surface area is 376 Å². The minimum Gasteiger partial charge on any atom is -0.392 e. The van der Waals surface area contributed by atoms with Gasteiger partial charge in [0.1, 0.15) is 41.2 Å². The summed E-state index contributed by atoms with van der Waals surface area (Å²) in [6.07, 6.45) is -9.98. The van der Waals surface area contributed by atoms with E-state index in [0.29, 0.717) is 19.3 Å². The molecule has 0 bridgehead atoms. The van der Waals surface area contributed by atoms with Gasteiger partial charge in [0.25, 0.3) is 0 Å². The zero-order chi connectivity index (χ0) is 46.5. The zero-order valence-electron chi connectivity index (χ0n) is 38.6. The summed E-state index contributed by atoms with van der Waals surface area (Å²) in [5.41, 5.74) is -6.26. The molecule has 8 aliphatic rings. The first-order valence-electron chi connectivity index (χ1n) is 23.7. The molecule has 0 amide bonds. The molecule has 0 aromatic heterocycles. The summed E-state index contributed by atoms with van der Waals surface area (Å²) in [6.45, 7) is 12.2. The fourth-order valence-electron chi connectivity index (χ4n) is 13.5. The van der Waals surface area contributed by atoms with Crippen molar-refractivity contribution in [3.05, 3.63) is 11.6 Å². The predicted octanol–water partition coefficient (Wildman–Crippen LogP) is 0.801. The van der Waals surface area contributed by atoms with Gasteiger partial charge in [0.2, 0.25) is 0 Å². The van der Waals surface area contributed by atoms with Crippen molar-refractivity contribution in [1.82, 2.24) is 0 Å². The second-order valence-electron chi connectivity index (χ2n) is 21.0. The Hall–Kier alpha value is -0.980. The molecule has 9 N–H and O–H groups in total. The first-order chi connectivity index (χ1) is 30.0. The van der Waals surface area contributed by atoms with E-state index in [1.165, 1.54) is 14.0 Å². The number of aliphatic hydroxyl groups excluding tert-OH is 6. The number of aliphatic hydroxyl groups is 9. The van der Waals surface area contributed by atoms with Crippen LogP contribution in [-0.2, 0) is 42.6 Å². The van der Waals surface area contributed by atoms with E-state index in [-0.39, 0.29) is 57.5 Å². The number of ether oxygens (including phenoxy) is 9. The molecule has 0 spiro atoms. The number of methoxy groups -OCH3 is 1. The fraction of sp³-hybridized carbons (Fsp3) is 0.957. The molecule has 64 heavy (non-hydrogen) atoms. The van der Waals surface area contributed by atoms with E-state index in [2.05, 4.69) is 6.92 Å². The van der Waals surface area contributed by atoms with E-state index >= 15 is 0 Å². The van der Waals surface area contributed by atoms with Crippen LogP contribution in [0.3, 0.4) is 0 Å². The van der Waals surface area contributed by atoms with Crippen molar-refractivity contribution < 1.29 is 88.6 Å². The van der Waals surface area contributed by atoms with Gasteiger partial charge in [-0.25, -0.2) is 0 Å². The van der Waals surface area contributed by atoms with Gasteiger partial charge in [-0.3, -0.25) is 0 Å². The van der Waals surface area contributed by atoms with Gasteiger partial charge in [-0.15, -0.1) is 0 Å². The maximum absolute atomic E-state index is 12.5. The van der Waals surface area contributed by atoms with Crippen molar-refractivity contribution >= 4 is 0 Å². The third-order valence-electron chi connectivity index (χ3n) is 17.5. The molecule has 25 unspecified atom stereocenters. The third-order valence-corrected chi connectivity index (χ3v) is 17.5. The average molecular weight is 917 g/mol. The lowest BCUT2D eigenvalue weighted by molar-refractivity contribution is -0.344. The summed E-state index contributed by atoms with van der Waals surface area (Å²) in [4.78, 5) is 0. The molecule has 368 valence electrons. The lowest BCUT2D eigenvalue weighted by Gasteiger charge is -2.67. The summed E-state index contributed by atoms with van der Waals surface area (Å²) in [7, 11) is 1.52. The van der Waals surface area contributed by atoms with Gasteiger partial charge in [0.05, 0.1) is 72.6 Å². The molecule has 0 aromatic rings. The van der Waals surface area contributed by atoms with Gasteiger partial charge in [-0.1, -0.05) is 25.5 Å². The number of rotatable bonds is 10. The maximum atomic E-state index is 12.5. The molecule has 4 saturated heterocycles. The van der Waals surface area contributed by atoms with E-state index in [9.17, 15) is 46.0 Å². The molecule has 3 saturated carbocycles. The van der Waals surface area contributed by atoms with Crippen LogP contribution in [-0.4, -0.2) is 187 Å². The Morgan fingerprint density at radius 2 is 1.14 bits per heavy atom. The summed E-state index contributed by atoms with van der Waals surface area (Å²) < 4.78 is 54.8. The first kappa shape index (κ1) is 49.4. The van der Waals surface area contributed by atoms with Crippen LogP contribution >= 0.6 is 0 Å². The molecule has 0 aromatic carbocycles. The molecule has 4 aliphatic carbocycles. The van der Waals surface area contributed by atoms with Crippen molar-refractivity contribution in [3.8, 4) is 0 Å². The van der Waals surface area contributed by atoms with E-state index in [4.69, 9.17) is 42.6 Å². The Morgan fingerprint density at radius 3 is 1.62 bits per heavy atom. The van der Waals surface area contributed by atoms with Crippen LogP contribution in [0.25, 0.3) is 0 Å². The Morgan fingerprint density at radius 1 is 0.656 bits per heavy atom. The second kappa shape index (κ2) is 18.1. The number of hydrogen-bond acceptors (Lipinski definition) is 18. The second-order valence-corrected chi connectivity index (χ2v) is 21.0. The molecule has 25 atom stereocenters. The van der Waals surface area contributed by atoms with Crippen molar-refractivity contribution in [2.24, 2.45) is 16.7 Å². The van der Waals surface area contributed by atoms with Crippen LogP contribution in [0, 0.1) is 16.7 Å². The zero-order valence-corrected chi connectivity index (χ0v) is 38.6. The van der Waals surface area contributed by atoms with E-state index in [1.807, 2.05) is 6.08 Å². The normalized spacial score (nSPS) is 56.1. The highest BCUT2D eigenvalue weighted by molar-refractivity contribution is 5.36. The summed E-state index contributed by atoms with van der Waals surface area (Å²) >= 11 is 0. The summed E-state index contributed by atoms with van der Waals surface area (Å²) in [6, 6.07) is 0. The molecule has 4 aliphatic heterocycles. The smallest absolute Gasteiger partial charge is 0.161 e. The first-order valence-corrected chi connectivity index (χ1v) is 23.7.